The van der Waals surface area contributed by atoms with Crippen molar-refractivity contribution in [3.63, 3.8) is 0 Å². The number of rotatable bonds is 13. The van der Waals surface area contributed by atoms with Crippen molar-refractivity contribution in [3.8, 4) is 16.9 Å². The van der Waals surface area contributed by atoms with Gasteiger partial charge in [-0.2, -0.15) is 4.98 Å². The highest BCUT2D eigenvalue weighted by Gasteiger charge is 2.17. The first-order valence-electron chi connectivity index (χ1n) is 13.8. The van der Waals surface area contributed by atoms with E-state index >= 15 is 8.78 Å². The Bertz CT molecular complexity index is 1630. The van der Waals surface area contributed by atoms with Gasteiger partial charge in [-0.3, -0.25) is 9.56 Å². The summed E-state index contributed by atoms with van der Waals surface area (Å²) >= 11 is 6.20. The Morgan fingerprint density at radius 3 is 2.74 bits per heavy atom. The van der Waals surface area contributed by atoms with Crippen LogP contribution in [0.4, 0.5) is 8.78 Å². The van der Waals surface area contributed by atoms with Crippen LogP contribution in [-0.4, -0.2) is 51.2 Å². The Morgan fingerprint density at radius 2 is 2.02 bits per heavy atom. The smallest absolute Gasteiger partial charge is 0.354 e. The summed E-state index contributed by atoms with van der Waals surface area (Å²) < 4.78 is 31.4. The molecule has 2 heterocycles. The molecule has 0 aliphatic heterocycles. The standard InChI is InChI=1S/C30H36ClF2N7O2/c1-17(36-9-4-10-37-18(2)34)23-8-7-22(14-26(23)32)40-15-20-13-27(38-29(20)39-30(40)42)24-11-19(12-25(31)28(24)33)5-3-6-21(35)16-41/h7-8,11-15,17,21,36,41H,3-6,9-10,16,35H2,1-2H3,(H2,34,37)(H,38,39,42). The van der Waals surface area contributed by atoms with E-state index in [1.807, 2.05) is 6.92 Å². The average Bonchev–Trinajstić information content (AvgIpc) is 3.36. The number of benzene rings is 2. The molecule has 0 saturated heterocycles. The number of amidine groups is 1. The number of fused-ring (bicyclic) bond motifs is 1. The summed E-state index contributed by atoms with van der Waals surface area (Å²) in [4.78, 5) is 24.1. The first kappa shape index (κ1) is 31.3. The van der Waals surface area contributed by atoms with Gasteiger partial charge < -0.3 is 26.9 Å². The SMILES string of the molecule is CC(N)=NCCCNC(C)c1ccc(-n2cc3cc(-c4cc(CCCC(N)CO)cc(Cl)c4F)[nH]c3nc2=O)cc1F. The normalized spacial score (nSPS) is 13.5. The van der Waals surface area contributed by atoms with E-state index < -0.39 is 17.3 Å². The van der Waals surface area contributed by atoms with Gasteiger partial charge in [0.2, 0.25) is 0 Å². The molecule has 0 aliphatic rings. The first-order chi connectivity index (χ1) is 20.1. The van der Waals surface area contributed by atoms with Gasteiger partial charge in [-0.15, -0.1) is 0 Å². The lowest BCUT2D eigenvalue weighted by atomic mass is 10.0. The third kappa shape index (κ3) is 7.60. The highest BCUT2D eigenvalue weighted by Crippen LogP contribution is 2.31. The van der Waals surface area contributed by atoms with Crippen molar-refractivity contribution in [1.29, 1.82) is 0 Å². The predicted octanol–water partition coefficient (Wildman–Crippen LogP) is 4.37. The molecule has 0 amide bonds. The molecule has 2 aromatic heterocycles. The minimum Gasteiger partial charge on any atom is -0.395 e. The van der Waals surface area contributed by atoms with E-state index in [1.165, 1.54) is 10.6 Å². The van der Waals surface area contributed by atoms with E-state index in [0.29, 0.717) is 60.5 Å². The topological polar surface area (TPSA) is 147 Å². The lowest BCUT2D eigenvalue weighted by molar-refractivity contribution is 0.258. The van der Waals surface area contributed by atoms with Gasteiger partial charge in [0.05, 0.1) is 28.8 Å². The summed E-state index contributed by atoms with van der Waals surface area (Å²) in [5.41, 5.74) is 13.2. The van der Waals surface area contributed by atoms with Crippen LogP contribution in [0.15, 0.2) is 52.4 Å². The van der Waals surface area contributed by atoms with Crippen molar-refractivity contribution < 1.29 is 13.9 Å². The van der Waals surface area contributed by atoms with Crippen LogP contribution in [-0.2, 0) is 6.42 Å². The first-order valence-corrected chi connectivity index (χ1v) is 14.2. The van der Waals surface area contributed by atoms with Crippen LogP contribution in [0.25, 0.3) is 28.0 Å². The van der Waals surface area contributed by atoms with Gasteiger partial charge in [-0.05, 0) is 82.0 Å². The maximum atomic E-state index is 15.1. The van der Waals surface area contributed by atoms with Crippen LogP contribution < -0.4 is 22.5 Å². The largest absolute Gasteiger partial charge is 0.395 e. The molecule has 0 fully saturated rings. The number of halogens is 3. The molecule has 0 saturated carbocycles. The molecule has 7 N–H and O–H groups in total. The molecular formula is C30H36ClF2N7O2. The number of aliphatic hydroxyl groups is 1. The summed E-state index contributed by atoms with van der Waals surface area (Å²) in [7, 11) is 0. The van der Waals surface area contributed by atoms with Crippen LogP contribution in [0.5, 0.6) is 0 Å². The zero-order valence-corrected chi connectivity index (χ0v) is 24.4. The van der Waals surface area contributed by atoms with E-state index in [0.717, 1.165) is 12.0 Å². The van der Waals surface area contributed by atoms with E-state index in [2.05, 4.69) is 20.3 Å². The summed E-state index contributed by atoms with van der Waals surface area (Å²) in [5, 5.41) is 12.9. The van der Waals surface area contributed by atoms with Gasteiger partial charge in [0.25, 0.3) is 0 Å². The third-order valence-electron chi connectivity index (χ3n) is 7.04. The van der Waals surface area contributed by atoms with Crippen LogP contribution in [0, 0.1) is 11.6 Å². The van der Waals surface area contributed by atoms with Crippen LogP contribution in [0.3, 0.4) is 0 Å². The number of hydrogen-bond acceptors (Lipinski definition) is 6. The molecule has 2 aromatic carbocycles. The molecular weight excluding hydrogens is 564 g/mol. The fourth-order valence-corrected chi connectivity index (χ4v) is 4.99. The number of hydrogen-bond donors (Lipinski definition) is 5. The summed E-state index contributed by atoms with van der Waals surface area (Å²) in [6.07, 6.45) is 4.22. The Labute approximate surface area is 247 Å². The highest BCUT2D eigenvalue weighted by molar-refractivity contribution is 6.31. The molecule has 2 unspecified atom stereocenters. The highest BCUT2D eigenvalue weighted by atomic mass is 35.5. The monoisotopic (exact) mass is 599 g/mol. The van der Waals surface area contributed by atoms with Crippen molar-refractivity contribution in [2.24, 2.45) is 16.5 Å². The fraction of sp³-hybridized carbons (Fsp3) is 0.367. The van der Waals surface area contributed by atoms with Crippen LogP contribution >= 0.6 is 11.6 Å². The fourth-order valence-electron chi connectivity index (χ4n) is 4.75. The van der Waals surface area contributed by atoms with Crippen molar-refractivity contribution in [1.82, 2.24) is 19.9 Å². The van der Waals surface area contributed by atoms with Gasteiger partial charge in [-0.25, -0.2) is 13.6 Å². The quantitative estimate of drug-likeness (QED) is 0.0876. The van der Waals surface area contributed by atoms with E-state index in [1.54, 1.807) is 43.5 Å². The number of nitrogens with zero attached hydrogens (tertiary/aromatic N) is 3. The number of aromatic amines is 1. The zero-order chi connectivity index (χ0) is 30.4. The Hall–Kier alpha value is -3.64. The number of aliphatic imine (C=N–C) groups is 1. The molecule has 42 heavy (non-hydrogen) atoms. The van der Waals surface area contributed by atoms with Gasteiger partial charge >= 0.3 is 5.69 Å². The number of nitrogens with two attached hydrogens (primary N) is 2. The Balaban J connectivity index is 1.56. The van der Waals surface area contributed by atoms with E-state index in [9.17, 15) is 4.79 Å². The number of nitrogens with one attached hydrogen (secondary N) is 2. The van der Waals surface area contributed by atoms with Crippen molar-refractivity contribution >= 4 is 28.5 Å². The molecule has 4 rings (SSSR count). The second-order valence-corrected chi connectivity index (χ2v) is 10.8. The second-order valence-electron chi connectivity index (χ2n) is 10.4. The van der Waals surface area contributed by atoms with Crippen LogP contribution in [0.1, 0.15) is 50.3 Å². The maximum absolute atomic E-state index is 15.1. The van der Waals surface area contributed by atoms with Gasteiger partial charge in [0, 0.05) is 41.3 Å². The summed E-state index contributed by atoms with van der Waals surface area (Å²) in [6.45, 7) is 4.73. The molecule has 224 valence electrons. The molecule has 2 atom stereocenters. The molecule has 0 spiro atoms. The minimum atomic E-state index is -0.613. The van der Waals surface area contributed by atoms with Gasteiger partial charge in [0.15, 0.2) is 5.82 Å². The summed E-state index contributed by atoms with van der Waals surface area (Å²) in [6, 6.07) is 8.96. The van der Waals surface area contributed by atoms with Crippen LogP contribution in [0.2, 0.25) is 5.02 Å². The van der Waals surface area contributed by atoms with E-state index in [-0.39, 0.29) is 34.9 Å². The number of aryl methyl sites for hydroxylation is 1. The molecule has 0 bridgehead atoms. The Morgan fingerprint density at radius 1 is 1.24 bits per heavy atom. The number of aromatic nitrogens is 3. The minimum absolute atomic E-state index is 0.0291. The third-order valence-corrected chi connectivity index (χ3v) is 7.31. The zero-order valence-electron chi connectivity index (χ0n) is 23.6. The maximum Gasteiger partial charge on any atom is 0.354 e. The van der Waals surface area contributed by atoms with Gasteiger partial charge in [0.1, 0.15) is 11.5 Å². The summed E-state index contributed by atoms with van der Waals surface area (Å²) in [5.74, 6) is -0.531. The molecule has 0 aliphatic carbocycles. The van der Waals surface area contributed by atoms with Gasteiger partial charge in [-0.1, -0.05) is 17.7 Å². The molecule has 12 heteroatoms. The molecule has 4 aromatic rings. The lowest BCUT2D eigenvalue weighted by Crippen LogP contribution is -2.24. The van der Waals surface area contributed by atoms with Crippen molar-refractivity contribution in [2.45, 2.75) is 51.6 Å². The van der Waals surface area contributed by atoms with Crippen molar-refractivity contribution in [2.75, 3.05) is 19.7 Å². The Kier molecular flexibility index (Phi) is 10.4. The number of aliphatic hydroxyl groups excluding tert-OH is 1. The second kappa shape index (κ2) is 14.0. The lowest BCUT2D eigenvalue weighted by Gasteiger charge is -2.16. The van der Waals surface area contributed by atoms with E-state index in [4.69, 9.17) is 28.2 Å². The molecule has 9 nitrogen and oxygen atoms in total. The average molecular weight is 600 g/mol. The van der Waals surface area contributed by atoms with Crippen molar-refractivity contribution in [3.05, 3.63) is 80.9 Å². The number of H-pyrrole nitrogens is 1. The molecule has 0 radical (unpaired) electrons. The predicted molar refractivity (Wildman–Crippen MR) is 163 cm³/mol.